The van der Waals surface area contributed by atoms with Gasteiger partial charge in [-0.05, 0) is 56.3 Å². The molecule has 1 aromatic heterocycles. The van der Waals surface area contributed by atoms with Gasteiger partial charge in [0.05, 0.1) is 16.8 Å². The smallest absolute Gasteiger partial charge is 0.291 e. The molecule has 0 atom stereocenters. The lowest BCUT2D eigenvalue weighted by atomic mass is 10.1. The summed E-state index contributed by atoms with van der Waals surface area (Å²) in [6, 6.07) is 14.6. The molecule has 0 aliphatic rings. The summed E-state index contributed by atoms with van der Waals surface area (Å²) < 4.78 is 10.6. The molecule has 0 spiro atoms. The molecule has 8 nitrogen and oxygen atoms in total. The molecule has 0 saturated carbocycles. The van der Waals surface area contributed by atoms with E-state index in [2.05, 4.69) is 10.6 Å². The van der Waals surface area contributed by atoms with Gasteiger partial charge in [0, 0.05) is 30.5 Å². The van der Waals surface area contributed by atoms with Crippen molar-refractivity contribution >= 4 is 40.7 Å². The number of rotatable bonds is 9. The molecule has 9 heteroatoms. The van der Waals surface area contributed by atoms with E-state index in [0.717, 1.165) is 0 Å². The van der Waals surface area contributed by atoms with E-state index in [9.17, 15) is 14.4 Å². The topological polar surface area (TPSA) is 101 Å². The largest absolute Gasteiger partial charge is 0.484 e. The molecule has 0 aliphatic heterocycles. The molecular formula is C24H24ClN3O5. The van der Waals surface area contributed by atoms with Gasteiger partial charge < -0.3 is 24.7 Å². The van der Waals surface area contributed by atoms with E-state index in [1.807, 2.05) is 13.8 Å². The van der Waals surface area contributed by atoms with Crippen LogP contribution in [0.2, 0.25) is 5.02 Å². The van der Waals surface area contributed by atoms with Crippen LogP contribution in [0.1, 0.15) is 34.8 Å². The minimum Gasteiger partial charge on any atom is -0.484 e. The first kappa shape index (κ1) is 23.9. The summed E-state index contributed by atoms with van der Waals surface area (Å²) in [4.78, 5) is 38.5. The molecule has 3 rings (SSSR count). The van der Waals surface area contributed by atoms with E-state index in [0.29, 0.717) is 35.8 Å². The summed E-state index contributed by atoms with van der Waals surface area (Å²) >= 11 is 6.26. The molecule has 0 radical (unpaired) electrons. The van der Waals surface area contributed by atoms with Crippen molar-refractivity contribution in [2.75, 3.05) is 30.3 Å². The molecule has 3 amide bonds. The number of hydrogen-bond donors (Lipinski definition) is 2. The van der Waals surface area contributed by atoms with Crippen LogP contribution in [0.4, 0.5) is 11.4 Å². The fourth-order valence-corrected chi connectivity index (χ4v) is 3.32. The van der Waals surface area contributed by atoms with Crippen molar-refractivity contribution in [1.29, 1.82) is 0 Å². The van der Waals surface area contributed by atoms with Crippen molar-refractivity contribution in [3.8, 4) is 5.75 Å². The molecule has 1 heterocycles. The van der Waals surface area contributed by atoms with Gasteiger partial charge in [-0.15, -0.1) is 0 Å². The number of carbonyl (C=O) groups is 3. The third kappa shape index (κ3) is 6.36. The highest BCUT2D eigenvalue weighted by atomic mass is 35.5. The maximum atomic E-state index is 12.5. The van der Waals surface area contributed by atoms with E-state index in [1.54, 1.807) is 53.4 Å². The van der Waals surface area contributed by atoms with Gasteiger partial charge in [0.2, 0.25) is 0 Å². The van der Waals surface area contributed by atoms with Gasteiger partial charge in [-0.25, -0.2) is 0 Å². The Kier molecular flexibility index (Phi) is 8.10. The Morgan fingerprint density at radius 3 is 2.39 bits per heavy atom. The molecule has 33 heavy (non-hydrogen) atoms. The first-order valence-electron chi connectivity index (χ1n) is 10.4. The lowest BCUT2D eigenvalue weighted by Crippen LogP contribution is -2.30. The third-order valence-corrected chi connectivity index (χ3v) is 5.05. The fourth-order valence-electron chi connectivity index (χ4n) is 3.06. The van der Waals surface area contributed by atoms with Crippen LogP contribution >= 0.6 is 11.6 Å². The maximum Gasteiger partial charge on any atom is 0.291 e. The highest BCUT2D eigenvalue weighted by Crippen LogP contribution is 2.23. The number of amides is 3. The molecule has 2 aromatic carbocycles. The van der Waals surface area contributed by atoms with Crippen LogP contribution in [0.5, 0.6) is 5.75 Å². The molecule has 0 aliphatic carbocycles. The molecule has 2 N–H and O–H groups in total. The number of nitrogens with zero attached hydrogens (tertiary/aromatic N) is 1. The zero-order chi connectivity index (χ0) is 23.8. The van der Waals surface area contributed by atoms with Crippen LogP contribution in [0.25, 0.3) is 0 Å². The Morgan fingerprint density at radius 2 is 1.73 bits per heavy atom. The number of benzene rings is 2. The van der Waals surface area contributed by atoms with Gasteiger partial charge in [0.25, 0.3) is 17.7 Å². The molecule has 3 aromatic rings. The predicted molar refractivity (Wildman–Crippen MR) is 126 cm³/mol. The van der Waals surface area contributed by atoms with Crippen LogP contribution in [0.3, 0.4) is 0 Å². The van der Waals surface area contributed by atoms with Crippen LogP contribution in [0, 0.1) is 0 Å². The second-order valence-corrected chi connectivity index (χ2v) is 7.38. The van der Waals surface area contributed by atoms with Gasteiger partial charge in [-0.1, -0.05) is 17.7 Å². The van der Waals surface area contributed by atoms with Crippen molar-refractivity contribution < 1.29 is 23.5 Å². The zero-order valence-corrected chi connectivity index (χ0v) is 19.0. The number of carbonyl (C=O) groups excluding carboxylic acids is 3. The Hall–Kier alpha value is -3.78. The fraction of sp³-hybridized carbons (Fsp3) is 0.208. The highest BCUT2D eigenvalue weighted by molar-refractivity contribution is 6.34. The summed E-state index contributed by atoms with van der Waals surface area (Å²) in [6.45, 7) is 4.69. The molecule has 0 bridgehead atoms. The van der Waals surface area contributed by atoms with Gasteiger partial charge >= 0.3 is 0 Å². The standard InChI is InChI=1S/C24H24ClN3O5/c1-3-28(4-2)24(31)19-11-10-17(14-20(19)25)26-22(29)15-33-18-8-5-7-16(13-18)27-23(30)21-9-6-12-32-21/h5-14H,3-4,15H2,1-2H3,(H,26,29)(H,27,30). The first-order valence-corrected chi connectivity index (χ1v) is 10.8. The Labute approximate surface area is 196 Å². The van der Waals surface area contributed by atoms with Crippen molar-refractivity contribution in [3.63, 3.8) is 0 Å². The van der Waals surface area contributed by atoms with Crippen molar-refractivity contribution in [3.05, 3.63) is 77.2 Å². The van der Waals surface area contributed by atoms with Gasteiger partial charge in [-0.3, -0.25) is 14.4 Å². The monoisotopic (exact) mass is 469 g/mol. The molecule has 0 unspecified atom stereocenters. The van der Waals surface area contributed by atoms with E-state index < -0.39 is 11.8 Å². The molecule has 0 fully saturated rings. The summed E-state index contributed by atoms with van der Waals surface area (Å²) in [7, 11) is 0. The van der Waals surface area contributed by atoms with Crippen molar-refractivity contribution in [2.24, 2.45) is 0 Å². The number of nitrogens with one attached hydrogen (secondary N) is 2. The second kappa shape index (κ2) is 11.2. The minimum atomic E-state index is -0.404. The van der Waals surface area contributed by atoms with Crippen molar-refractivity contribution in [1.82, 2.24) is 4.90 Å². The highest BCUT2D eigenvalue weighted by Gasteiger charge is 2.16. The third-order valence-electron chi connectivity index (χ3n) is 4.74. The molecular weight excluding hydrogens is 446 g/mol. The lowest BCUT2D eigenvalue weighted by molar-refractivity contribution is -0.118. The second-order valence-electron chi connectivity index (χ2n) is 6.97. The normalized spacial score (nSPS) is 10.4. The van der Waals surface area contributed by atoms with Gasteiger partial charge in [0.15, 0.2) is 12.4 Å². The average Bonchev–Trinajstić information content (AvgIpc) is 3.34. The van der Waals surface area contributed by atoms with E-state index in [4.69, 9.17) is 20.8 Å². The number of ether oxygens (including phenoxy) is 1. The Bertz CT molecular complexity index is 1130. The van der Waals surface area contributed by atoms with Crippen LogP contribution < -0.4 is 15.4 Å². The minimum absolute atomic E-state index is 0.162. The van der Waals surface area contributed by atoms with Crippen LogP contribution in [0.15, 0.2) is 65.3 Å². The van der Waals surface area contributed by atoms with E-state index >= 15 is 0 Å². The SMILES string of the molecule is CCN(CC)C(=O)c1ccc(NC(=O)COc2cccc(NC(=O)c3ccco3)c2)cc1Cl. The maximum absolute atomic E-state index is 12.5. The van der Waals surface area contributed by atoms with Crippen LogP contribution in [-0.2, 0) is 4.79 Å². The number of furan rings is 1. The summed E-state index contributed by atoms with van der Waals surface area (Å²) in [6.07, 6.45) is 1.41. The summed E-state index contributed by atoms with van der Waals surface area (Å²) in [5, 5.41) is 5.63. The lowest BCUT2D eigenvalue weighted by Gasteiger charge is -2.19. The van der Waals surface area contributed by atoms with Crippen LogP contribution in [-0.4, -0.2) is 42.3 Å². The predicted octanol–water partition coefficient (Wildman–Crippen LogP) is 4.68. The first-order chi connectivity index (χ1) is 15.9. The van der Waals surface area contributed by atoms with Gasteiger partial charge in [-0.2, -0.15) is 0 Å². The average molecular weight is 470 g/mol. The van der Waals surface area contributed by atoms with E-state index in [-0.39, 0.29) is 23.3 Å². The quantitative estimate of drug-likeness (QED) is 0.473. The molecule has 0 saturated heterocycles. The summed E-state index contributed by atoms with van der Waals surface area (Å²) in [5.74, 6) is -0.372. The number of halogens is 1. The molecule has 172 valence electrons. The zero-order valence-electron chi connectivity index (χ0n) is 18.3. The van der Waals surface area contributed by atoms with Crippen molar-refractivity contribution in [2.45, 2.75) is 13.8 Å². The number of hydrogen-bond acceptors (Lipinski definition) is 5. The Balaban J connectivity index is 1.56. The van der Waals surface area contributed by atoms with Gasteiger partial charge in [0.1, 0.15) is 5.75 Å². The number of anilines is 2. The van der Waals surface area contributed by atoms with E-state index in [1.165, 1.54) is 12.3 Å². The Morgan fingerprint density at radius 1 is 0.970 bits per heavy atom. The summed E-state index contributed by atoms with van der Waals surface area (Å²) in [5.41, 5.74) is 1.32.